The fraction of sp³-hybridized carbons (Fsp3) is 0. The summed E-state index contributed by atoms with van der Waals surface area (Å²) in [5.41, 5.74) is 0.0250. The molecule has 0 amide bonds. The van der Waals surface area contributed by atoms with Crippen LogP contribution < -0.4 is 0 Å². The molecule has 2 aromatic heterocycles. The van der Waals surface area contributed by atoms with Crippen molar-refractivity contribution in [3.63, 3.8) is 0 Å². The Morgan fingerprint density at radius 1 is 1.47 bits per heavy atom. The molecule has 0 bridgehead atoms. The Balaban J connectivity index is 2.57. The molecule has 7 heteroatoms. The summed E-state index contributed by atoms with van der Waals surface area (Å²) in [6, 6.07) is 0. The molecule has 0 saturated heterocycles. The van der Waals surface area contributed by atoms with Gasteiger partial charge in [0, 0.05) is 12.4 Å². The topological polar surface area (TPSA) is 80.9 Å². The molecular weight excluding hydrogens is 311 g/mol. The van der Waals surface area contributed by atoms with Gasteiger partial charge in [0.25, 0.3) is 0 Å². The van der Waals surface area contributed by atoms with Crippen LogP contribution in [0.4, 0.5) is 0 Å². The van der Waals surface area contributed by atoms with Gasteiger partial charge in [0.1, 0.15) is 11.9 Å². The predicted octanol–water partition coefficient (Wildman–Crippen LogP) is 0.965. The van der Waals surface area contributed by atoms with Crippen LogP contribution in [0.5, 0.6) is 0 Å². The van der Waals surface area contributed by atoms with Crippen LogP contribution in [0.25, 0.3) is 5.82 Å². The van der Waals surface area contributed by atoms with Gasteiger partial charge < -0.3 is 5.11 Å². The van der Waals surface area contributed by atoms with E-state index in [1.807, 2.05) is 0 Å². The zero-order valence-electron chi connectivity index (χ0n) is 7.33. The minimum Gasteiger partial charge on any atom is -0.477 e. The van der Waals surface area contributed by atoms with Crippen LogP contribution in [0.1, 0.15) is 10.4 Å². The third-order valence-corrected chi connectivity index (χ3v) is 2.25. The SMILES string of the molecule is O=C(O)c1cncnc1-n1cc(I)cn1. The molecular formula is C8H5IN4O2. The largest absolute Gasteiger partial charge is 0.477 e. The Morgan fingerprint density at radius 3 is 2.87 bits per heavy atom. The summed E-state index contributed by atoms with van der Waals surface area (Å²) in [7, 11) is 0. The highest BCUT2D eigenvalue weighted by atomic mass is 127. The van der Waals surface area contributed by atoms with Crippen molar-refractivity contribution in [2.75, 3.05) is 0 Å². The Kier molecular flexibility index (Phi) is 2.62. The molecule has 15 heavy (non-hydrogen) atoms. The average molecular weight is 316 g/mol. The third-order valence-electron chi connectivity index (χ3n) is 1.69. The van der Waals surface area contributed by atoms with E-state index in [1.165, 1.54) is 17.2 Å². The maximum atomic E-state index is 10.9. The lowest BCUT2D eigenvalue weighted by molar-refractivity contribution is 0.0696. The van der Waals surface area contributed by atoms with Gasteiger partial charge in [0.2, 0.25) is 0 Å². The van der Waals surface area contributed by atoms with E-state index in [0.717, 1.165) is 3.57 Å². The Labute approximate surface area is 98.1 Å². The molecule has 2 rings (SSSR count). The van der Waals surface area contributed by atoms with Crippen LogP contribution in [-0.4, -0.2) is 30.8 Å². The Hall–Kier alpha value is -1.51. The second-order valence-corrected chi connectivity index (χ2v) is 3.91. The standard InChI is InChI=1S/C8H5IN4O2/c9-5-1-12-13(3-5)7-6(8(14)15)2-10-4-11-7/h1-4H,(H,14,15). The lowest BCUT2D eigenvalue weighted by atomic mass is 10.3. The maximum Gasteiger partial charge on any atom is 0.341 e. The van der Waals surface area contributed by atoms with Crippen molar-refractivity contribution in [3.8, 4) is 5.82 Å². The highest BCUT2D eigenvalue weighted by molar-refractivity contribution is 14.1. The molecule has 0 aromatic carbocycles. The molecule has 0 fully saturated rings. The fourth-order valence-electron chi connectivity index (χ4n) is 1.07. The van der Waals surface area contributed by atoms with Crippen molar-refractivity contribution in [2.45, 2.75) is 0 Å². The number of hydrogen-bond acceptors (Lipinski definition) is 4. The highest BCUT2D eigenvalue weighted by Gasteiger charge is 2.13. The molecule has 0 atom stereocenters. The van der Waals surface area contributed by atoms with Crippen molar-refractivity contribution in [1.29, 1.82) is 0 Å². The van der Waals surface area contributed by atoms with Crippen LogP contribution in [0.3, 0.4) is 0 Å². The summed E-state index contributed by atoms with van der Waals surface area (Å²) in [5, 5.41) is 12.9. The minimum atomic E-state index is -1.07. The first kappa shape index (κ1) is 10.0. The number of rotatable bonds is 2. The van der Waals surface area contributed by atoms with E-state index in [4.69, 9.17) is 5.11 Å². The van der Waals surface area contributed by atoms with Gasteiger partial charge >= 0.3 is 5.97 Å². The highest BCUT2D eigenvalue weighted by Crippen LogP contribution is 2.11. The molecule has 76 valence electrons. The molecule has 0 radical (unpaired) electrons. The van der Waals surface area contributed by atoms with E-state index in [2.05, 4.69) is 37.7 Å². The van der Waals surface area contributed by atoms with E-state index < -0.39 is 5.97 Å². The number of aromatic nitrogens is 4. The summed E-state index contributed by atoms with van der Waals surface area (Å²) < 4.78 is 2.31. The number of carbonyl (C=O) groups is 1. The number of halogens is 1. The van der Waals surface area contributed by atoms with Crippen molar-refractivity contribution in [1.82, 2.24) is 19.7 Å². The van der Waals surface area contributed by atoms with Crippen molar-refractivity contribution in [2.24, 2.45) is 0 Å². The molecule has 0 aliphatic rings. The number of hydrogen-bond donors (Lipinski definition) is 1. The molecule has 0 aliphatic carbocycles. The van der Waals surface area contributed by atoms with Crippen molar-refractivity contribution >= 4 is 28.6 Å². The zero-order chi connectivity index (χ0) is 10.8. The molecule has 0 aliphatic heterocycles. The summed E-state index contributed by atoms with van der Waals surface area (Å²) in [5.74, 6) is -0.809. The minimum absolute atomic E-state index is 0.0250. The van der Waals surface area contributed by atoms with Gasteiger partial charge in [-0.2, -0.15) is 5.10 Å². The van der Waals surface area contributed by atoms with Gasteiger partial charge in [-0.25, -0.2) is 19.4 Å². The van der Waals surface area contributed by atoms with Gasteiger partial charge in [0.05, 0.1) is 9.77 Å². The van der Waals surface area contributed by atoms with Crippen LogP contribution in [0, 0.1) is 3.57 Å². The summed E-state index contributed by atoms with van der Waals surface area (Å²) >= 11 is 2.08. The second-order valence-electron chi connectivity index (χ2n) is 2.67. The molecule has 1 N–H and O–H groups in total. The number of aromatic carboxylic acids is 1. The summed E-state index contributed by atoms with van der Waals surface area (Å²) in [6.45, 7) is 0. The first-order valence-electron chi connectivity index (χ1n) is 3.92. The van der Waals surface area contributed by atoms with Gasteiger partial charge in [0.15, 0.2) is 5.82 Å². The number of carboxylic acids is 1. The first-order chi connectivity index (χ1) is 7.18. The molecule has 2 heterocycles. The monoisotopic (exact) mass is 316 g/mol. The molecule has 0 spiro atoms. The summed E-state index contributed by atoms with van der Waals surface area (Å²) in [4.78, 5) is 18.4. The molecule has 6 nitrogen and oxygen atoms in total. The van der Waals surface area contributed by atoms with Crippen LogP contribution >= 0.6 is 22.6 Å². The van der Waals surface area contributed by atoms with E-state index in [-0.39, 0.29) is 11.4 Å². The van der Waals surface area contributed by atoms with E-state index in [1.54, 1.807) is 12.4 Å². The number of carboxylic acid groups (broad SMARTS) is 1. The smallest absolute Gasteiger partial charge is 0.341 e. The average Bonchev–Trinajstić information content (AvgIpc) is 2.65. The van der Waals surface area contributed by atoms with E-state index in [9.17, 15) is 4.79 Å². The lowest BCUT2D eigenvalue weighted by Gasteiger charge is -2.02. The van der Waals surface area contributed by atoms with Gasteiger partial charge in [-0.15, -0.1) is 0 Å². The van der Waals surface area contributed by atoms with Crippen molar-refractivity contribution < 1.29 is 9.90 Å². The quantitative estimate of drug-likeness (QED) is 0.835. The molecule has 0 unspecified atom stereocenters. The van der Waals surface area contributed by atoms with E-state index in [0.29, 0.717) is 0 Å². The lowest BCUT2D eigenvalue weighted by Crippen LogP contribution is -2.08. The summed E-state index contributed by atoms with van der Waals surface area (Å²) in [6.07, 6.45) is 5.85. The van der Waals surface area contributed by atoms with Crippen molar-refractivity contribution in [3.05, 3.63) is 34.1 Å². The van der Waals surface area contributed by atoms with Gasteiger partial charge in [-0.05, 0) is 22.6 Å². The van der Waals surface area contributed by atoms with E-state index >= 15 is 0 Å². The predicted molar refractivity (Wildman–Crippen MR) is 58.8 cm³/mol. The Morgan fingerprint density at radius 2 is 2.27 bits per heavy atom. The first-order valence-corrected chi connectivity index (χ1v) is 5.00. The van der Waals surface area contributed by atoms with Gasteiger partial charge in [-0.1, -0.05) is 0 Å². The normalized spacial score (nSPS) is 10.2. The Bertz CT molecular complexity index is 511. The van der Waals surface area contributed by atoms with Crippen LogP contribution in [-0.2, 0) is 0 Å². The zero-order valence-corrected chi connectivity index (χ0v) is 9.49. The molecule has 2 aromatic rings. The van der Waals surface area contributed by atoms with Crippen LogP contribution in [0.2, 0.25) is 0 Å². The van der Waals surface area contributed by atoms with Crippen LogP contribution in [0.15, 0.2) is 24.9 Å². The maximum absolute atomic E-state index is 10.9. The third kappa shape index (κ3) is 1.96. The number of nitrogens with zero attached hydrogens (tertiary/aromatic N) is 4. The fourth-order valence-corrected chi connectivity index (χ4v) is 1.46. The molecule has 0 saturated carbocycles. The van der Waals surface area contributed by atoms with Gasteiger partial charge in [-0.3, -0.25) is 0 Å². The second kappa shape index (κ2) is 3.93.